The predicted octanol–water partition coefficient (Wildman–Crippen LogP) is 2.90. The summed E-state index contributed by atoms with van der Waals surface area (Å²) >= 11 is 1.34. The van der Waals surface area contributed by atoms with E-state index in [0.29, 0.717) is 10.6 Å². The number of para-hydroxylation sites is 1. The number of H-pyrrole nitrogens is 1. The van der Waals surface area contributed by atoms with Crippen molar-refractivity contribution < 1.29 is 4.79 Å². The van der Waals surface area contributed by atoms with E-state index in [9.17, 15) is 4.79 Å². The monoisotopic (exact) mass is 269 g/mol. The van der Waals surface area contributed by atoms with Crippen LogP contribution in [0.25, 0.3) is 10.9 Å². The Balaban J connectivity index is 2.03. The maximum atomic E-state index is 12.4. The number of fused-ring (bicyclic) bond motifs is 1. The summed E-state index contributed by atoms with van der Waals surface area (Å²) in [6.45, 7) is 0. The normalized spacial score (nSPS) is 11.4. The second-order valence-corrected chi connectivity index (χ2v) is 4.90. The summed E-state index contributed by atoms with van der Waals surface area (Å²) in [6.07, 6.45) is 3.38. The van der Waals surface area contributed by atoms with E-state index in [4.69, 9.17) is 0 Å². The lowest BCUT2D eigenvalue weighted by Gasteiger charge is -1.94. The zero-order valence-electron chi connectivity index (χ0n) is 10.3. The van der Waals surface area contributed by atoms with Crippen molar-refractivity contribution in [3.63, 3.8) is 0 Å². The van der Waals surface area contributed by atoms with E-state index in [1.807, 2.05) is 29.6 Å². The molecule has 0 fully saturated rings. The molecule has 0 saturated carbocycles. The van der Waals surface area contributed by atoms with Crippen LogP contribution < -0.4 is 0 Å². The van der Waals surface area contributed by atoms with E-state index in [2.05, 4.69) is 15.0 Å². The van der Waals surface area contributed by atoms with Gasteiger partial charge in [0, 0.05) is 35.7 Å². The summed E-state index contributed by atoms with van der Waals surface area (Å²) in [7, 11) is 1.68. The van der Waals surface area contributed by atoms with Crippen LogP contribution in [0.3, 0.4) is 0 Å². The van der Waals surface area contributed by atoms with E-state index >= 15 is 0 Å². The molecule has 2 aromatic heterocycles. The van der Waals surface area contributed by atoms with Gasteiger partial charge in [-0.15, -0.1) is 11.3 Å². The number of nitrogens with zero attached hydrogens (tertiary/aromatic N) is 2. The first-order chi connectivity index (χ1) is 9.29. The number of benzene rings is 1. The molecule has 0 bridgehead atoms. The van der Waals surface area contributed by atoms with Crippen molar-refractivity contribution in [2.75, 3.05) is 7.05 Å². The molecule has 19 heavy (non-hydrogen) atoms. The molecule has 0 radical (unpaired) electrons. The molecule has 1 N–H and O–H groups in total. The molecular weight excluding hydrogens is 258 g/mol. The minimum absolute atomic E-state index is 0.0572. The predicted molar refractivity (Wildman–Crippen MR) is 77.4 cm³/mol. The number of aromatic amines is 1. The van der Waals surface area contributed by atoms with Crippen LogP contribution in [0.4, 0.5) is 0 Å². The highest BCUT2D eigenvalue weighted by Crippen LogP contribution is 2.22. The molecule has 0 aliphatic heterocycles. The smallest absolute Gasteiger partial charge is 0.223 e. The first-order valence-corrected chi connectivity index (χ1v) is 6.66. The highest BCUT2D eigenvalue weighted by atomic mass is 32.1. The van der Waals surface area contributed by atoms with Gasteiger partial charge in [0.25, 0.3) is 0 Å². The van der Waals surface area contributed by atoms with Gasteiger partial charge in [0.05, 0.1) is 11.3 Å². The van der Waals surface area contributed by atoms with Crippen LogP contribution in [0.2, 0.25) is 0 Å². The molecule has 0 spiro atoms. The largest absolute Gasteiger partial charge is 0.360 e. The Labute approximate surface area is 113 Å². The Morgan fingerprint density at radius 3 is 3.11 bits per heavy atom. The maximum absolute atomic E-state index is 12.4. The number of hydrogen-bond acceptors (Lipinski definition) is 4. The van der Waals surface area contributed by atoms with Crippen molar-refractivity contribution in [1.82, 2.24) is 9.97 Å². The van der Waals surface area contributed by atoms with E-state index in [1.165, 1.54) is 11.3 Å². The molecule has 1 aromatic carbocycles. The Hall–Kier alpha value is -2.27. The number of rotatable bonds is 3. The van der Waals surface area contributed by atoms with Crippen LogP contribution in [0, 0.1) is 0 Å². The third-order valence-corrected chi connectivity index (χ3v) is 3.67. The SMILES string of the molecule is CN=Cc1csc(C(=O)c2c[nH]c3ccccc23)n1. The average molecular weight is 269 g/mol. The minimum Gasteiger partial charge on any atom is -0.360 e. The van der Waals surface area contributed by atoms with Gasteiger partial charge < -0.3 is 4.98 Å². The van der Waals surface area contributed by atoms with E-state index in [-0.39, 0.29) is 5.78 Å². The number of nitrogens with one attached hydrogen (secondary N) is 1. The standard InChI is InChI=1S/C14H11N3OS/c1-15-6-9-8-19-14(17-9)13(18)11-7-16-12-5-3-2-4-10(11)12/h2-8,16H,1H3. The van der Waals surface area contributed by atoms with Crippen molar-refractivity contribution in [1.29, 1.82) is 0 Å². The zero-order chi connectivity index (χ0) is 13.2. The minimum atomic E-state index is -0.0572. The second-order valence-electron chi connectivity index (χ2n) is 4.04. The van der Waals surface area contributed by atoms with E-state index in [0.717, 1.165) is 16.6 Å². The van der Waals surface area contributed by atoms with Crippen molar-refractivity contribution in [3.8, 4) is 0 Å². The average Bonchev–Trinajstić information content (AvgIpc) is 3.05. The molecule has 0 atom stereocenters. The quantitative estimate of drug-likeness (QED) is 0.587. The summed E-state index contributed by atoms with van der Waals surface area (Å²) in [6, 6.07) is 7.74. The Morgan fingerprint density at radius 1 is 1.42 bits per heavy atom. The third-order valence-electron chi connectivity index (χ3n) is 2.81. The first-order valence-electron chi connectivity index (χ1n) is 5.78. The van der Waals surface area contributed by atoms with Crippen molar-refractivity contribution >= 4 is 34.2 Å². The highest BCUT2D eigenvalue weighted by molar-refractivity contribution is 7.12. The fraction of sp³-hybridized carbons (Fsp3) is 0.0714. The number of carbonyl (C=O) groups excluding carboxylic acids is 1. The highest BCUT2D eigenvalue weighted by Gasteiger charge is 2.16. The van der Waals surface area contributed by atoms with Crippen LogP contribution in [0.1, 0.15) is 21.1 Å². The number of ketones is 1. The van der Waals surface area contributed by atoms with Crippen LogP contribution in [0.5, 0.6) is 0 Å². The van der Waals surface area contributed by atoms with Gasteiger partial charge in [0.1, 0.15) is 0 Å². The molecule has 0 unspecified atom stereocenters. The van der Waals surface area contributed by atoms with Crippen molar-refractivity contribution in [2.45, 2.75) is 0 Å². The summed E-state index contributed by atoms with van der Waals surface area (Å²) in [5.41, 5.74) is 2.33. The summed E-state index contributed by atoms with van der Waals surface area (Å²) in [4.78, 5) is 23.7. The molecule has 0 saturated heterocycles. The van der Waals surface area contributed by atoms with Crippen molar-refractivity contribution in [2.24, 2.45) is 4.99 Å². The summed E-state index contributed by atoms with van der Waals surface area (Å²) in [5, 5.41) is 3.24. The van der Waals surface area contributed by atoms with Crippen molar-refractivity contribution in [3.05, 3.63) is 52.1 Å². The molecule has 4 nitrogen and oxygen atoms in total. The van der Waals surface area contributed by atoms with Gasteiger partial charge in [-0.2, -0.15) is 0 Å². The van der Waals surface area contributed by atoms with Crippen LogP contribution in [0.15, 0.2) is 40.8 Å². The topological polar surface area (TPSA) is 58.1 Å². The fourth-order valence-electron chi connectivity index (χ4n) is 1.96. The fourth-order valence-corrected chi connectivity index (χ4v) is 2.68. The first kappa shape index (κ1) is 11.8. The van der Waals surface area contributed by atoms with Crippen LogP contribution >= 0.6 is 11.3 Å². The number of aliphatic imine (C=N–C) groups is 1. The maximum Gasteiger partial charge on any atom is 0.223 e. The molecule has 2 heterocycles. The molecule has 0 amide bonds. The third kappa shape index (κ3) is 2.08. The van der Waals surface area contributed by atoms with Gasteiger partial charge in [-0.05, 0) is 6.07 Å². The van der Waals surface area contributed by atoms with Gasteiger partial charge in [0.15, 0.2) is 5.01 Å². The lowest BCUT2D eigenvalue weighted by atomic mass is 10.1. The number of aromatic nitrogens is 2. The lowest BCUT2D eigenvalue weighted by Crippen LogP contribution is -2.00. The Bertz CT molecular complexity index is 770. The van der Waals surface area contributed by atoms with Gasteiger partial charge in [0.2, 0.25) is 5.78 Å². The molecule has 0 aliphatic rings. The Morgan fingerprint density at radius 2 is 2.26 bits per heavy atom. The second kappa shape index (κ2) is 4.78. The number of hydrogen-bond donors (Lipinski definition) is 1. The van der Waals surface area contributed by atoms with Crippen LogP contribution in [-0.4, -0.2) is 29.0 Å². The molecule has 94 valence electrons. The Kier molecular flexibility index (Phi) is 2.97. The zero-order valence-corrected chi connectivity index (χ0v) is 11.1. The number of carbonyl (C=O) groups is 1. The summed E-state index contributed by atoms with van der Waals surface area (Å²) < 4.78 is 0. The van der Waals surface area contributed by atoms with Gasteiger partial charge >= 0.3 is 0 Å². The van der Waals surface area contributed by atoms with Gasteiger partial charge in [-0.1, -0.05) is 18.2 Å². The van der Waals surface area contributed by atoms with Gasteiger partial charge in [-0.3, -0.25) is 9.79 Å². The molecule has 3 rings (SSSR count). The van der Waals surface area contributed by atoms with Gasteiger partial charge in [-0.25, -0.2) is 4.98 Å². The molecule has 5 heteroatoms. The molecule has 0 aliphatic carbocycles. The molecule has 3 aromatic rings. The summed E-state index contributed by atoms with van der Waals surface area (Å²) in [5.74, 6) is -0.0572. The molecular formula is C14H11N3OS. The van der Waals surface area contributed by atoms with E-state index < -0.39 is 0 Å². The van der Waals surface area contributed by atoms with Crippen LogP contribution in [-0.2, 0) is 0 Å². The van der Waals surface area contributed by atoms with E-state index in [1.54, 1.807) is 19.5 Å². The number of thiazole rings is 1. The lowest BCUT2D eigenvalue weighted by molar-refractivity contribution is 0.104.